The molecule has 1 saturated heterocycles. The number of amides is 4. The predicted octanol–water partition coefficient (Wildman–Crippen LogP) is 1.86. The molecule has 0 saturated carbocycles. The molecule has 0 aromatic heterocycles. The number of hydrogen-bond donors (Lipinski definition) is 2. The van der Waals surface area contributed by atoms with Gasteiger partial charge in [0, 0.05) is 24.1 Å². The average molecular weight is 412 g/mol. The lowest BCUT2D eigenvalue weighted by molar-refractivity contribution is -0.153. The van der Waals surface area contributed by atoms with Gasteiger partial charge in [0.1, 0.15) is 5.75 Å². The number of imide groups is 1. The Kier molecular flexibility index (Phi) is 7.22. The molecule has 4 amide bonds. The van der Waals surface area contributed by atoms with Crippen molar-refractivity contribution in [2.24, 2.45) is 0 Å². The van der Waals surface area contributed by atoms with Crippen LogP contribution in [0.3, 0.4) is 0 Å². The molecule has 1 atom stereocenters. The van der Waals surface area contributed by atoms with Crippen molar-refractivity contribution in [3.8, 4) is 5.75 Å². The molecule has 1 aliphatic rings. The summed E-state index contributed by atoms with van der Waals surface area (Å²) in [5.74, 6) is -1.08. The van der Waals surface area contributed by atoms with Crippen LogP contribution in [0.1, 0.15) is 25.3 Å². The number of ether oxygens (including phenoxy) is 2. The standard InChI is InChI=1S/C18H22ClN3O6/c1-10-7-13(14(27-3)8-12(10)19)21-17(25)11(2)28-16(24)5-4-6-22-15(23)9-20-18(22)26/h7-8,11H,4-6,9H2,1-3H3,(H,20,26)(H,21,25)/t11-/m1/s1. The highest BCUT2D eigenvalue weighted by Gasteiger charge is 2.28. The van der Waals surface area contributed by atoms with Crippen molar-refractivity contribution in [3.05, 3.63) is 22.7 Å². The fraction of sp³-hybridized carbons (Fsp3) is 0.444. The summed E-state index contributed by atoms with van der Waals surface area (Å²) in [7, 11) is 1.45. The number of benzene rings is 1. The Hall–Kier alpha value is -2.81. The van der Waals surface area contributed by atoms with Crippen molar-refractivity contribution < 1.29 is 28.7 Å². The van der Waals surface area contributed by atoms with Crippen LogP contribution in [-0.4, -0.2) is 55.0 Å². The Bertz CT molecular complexity index is 782. The Balaban J connectivity index is 1.83. The van der Waals surface area contributed by atoms with Crippen LogP contribution in [0.15, 0.2) is 12.1 Å². The maximum absolute atomic E-state index is 12.3. The molecular weight excluding hydrogens is 390 g/mol. The molecule has 1 heterocycles. The van der Waals surface area contributed by atoms with E-state index in [1.165, 1.54) is 14.0 Å². The highest BCUT2D eigenvalue weighted by atomic mass is 35.5. The van der Waals surface area contributed by atoms with Crippen LogP contribution in [-0.2, 0) is 19.1 Å². The number of aryl methyl sites for hydroxylation is 1. The molecule has 1 aliphatic heterocycles. The van der Waals surface area contributed by atoms with Gasteiger partial charge >= 0.3 is 12.0 Å². The van der Waals surface area contributed by atoms with Gasteiger partial charge in [-0.1, -0.05) is 11.6 Å². The van der Waals surface area contributed by atoms with Crippen LogP contribution in [0.25, 0.3) is 0 Å². The van der Waals surface area contributed by atoms with E-state index in [2.05, 4.69) is 10.6 Å². The van der Waals surface area contributed by atoms with Gasteiger partial charge in [0.25, 0.3) is 5.91 Å². The van der Waals surface area contributed by atoms with Crippen LogP contribution >= 0.6 is 11.6 Å². The lowest BCUT2D eigenvalue weighted by atomic mass is 10.2. The normalized spacial score (nSPS) is 14.5. The van der Waals surface area contributed by atoms with Crippen LogP contribution in [0.4, 0.5) is 10.5 Å². The van der Waals surface area contributed by atoms with Crippen LogP contribution in [0, 0.1) is 6.92 Å². The number of nitrogens with zero attached hydrogens (tertiary/aromatic N) is 1. The molecule has 1 aromatic rings. The van der Waals surface area contributed by atoms with Gasteiger partial charge in [-0.05, 0) is 31.9 Å². The summed E-state index contributed by atoms with van der Waals surface area (Å²) >= 11 is 6.03. The number of carbonyl (C=O) groups excluding carboxylic acids is 4. The van der Waals surface area contributed by atoms with E-state index in [9.17, 15) is 19.2 Å². The monoisotopic (exact) mass is 411 g/mol. The second kappa shape index (κ2) is 9.41. The lowest BCUT2D eigenvalue weighted by Crippen LogP contribution is -2.33. The zero-order valence-corrected chi connectivity index (χ0v) is 16.6. The quantitative estimate of drug-likeness (QED) is 0.498. The Morgan fingerprint density at radius 1 is 1.36 bits per heavy atom. The zero-order valence-electron chi connectivity index (χ0n) is 15.8. The minimum absolute atomic E-state index is 0.0297. The fourth-order valence-electron chi connectivity index (χ4n) is 2.54. The molecule has 9 nitrogen and oxygen atoms in total. The smallest absolute Gasteiger partial charge is 0.324 e. The van der Waals surface area contributed by atoms with Gasteiger partial charge in [-0.3, -0.25) is 19.3 Å². The van der Waals surface area contributed by atoms with Gasteiger partial charge in [-0.25, -0.2) is 4.79 Å². The lowest BCUT2D eigenvalue weighted by Gasteiger charge is -2.16. The van der Waals surface area contributed by atoms with Crippen molar-refractivity contribution in [2.75, 3.05) is 25.5 Å². The SMILES string of the molecule is COc1cc(Cl)c(C)cc1NC(=O)[C@@H](C)OC(=O)CCCN1C(=O)CNC1=O. The first kappa shape index (κ1) is 21.5. The first-order valence-electron chi connectivity index (χ1n) is 8.65. The van der Waals surface area contributed by atoms with Crippen molar-refractivity contribution in [2.45, 2.75) is 32.8 Å². The van der Waals surface area contributed by atoms with E-state index >= 15 is 0 Å². The molecule has 2 N–H and O–H groups in total. The molecule has 0 aliphatic carbocycles. The second-order valence-electron chi connectivity index (χ2n) is 6.23. The summed E-state index contributed by atoms with van der Waals surface area (Å²) in [5.41, 5.74) is 1.17. The number of rotatable bonds is 8. The van der Waals surface area contributed by atoms with E-state index in [1.54, 1.807) is 19.1 Å². The summed E-state index contributed by atoms with van der Waals surface area (Å²) in [4.78, 5) is 48.1. The topological polar surface area (TPSA) is 114 Å². The van der Waals surface area contributed by atoms with E-state index in [0.29, 0.717) is 16.5 Å². The first-order valence-corrected chi connectivity index (χ1v) is 9.03. The van der Waals surface area contributed by atoms with E-state index in [4.69, 9.17) is 21.1 Å². The predicted molar refractivity (Wildman–Crippen MR) is 101 cm³/mol. The minimum atomic E-state index is -1.04. The third-order valence-electron chi connectivity index (χ3n) is 4.12. The van der Waals surface area contributed by atoms with E-state index in [0.717, 1.165) is 10.5 Å². The summed E-state index contributed by atoms with van der Waals surface area (Å²) in [6.45, 7) is 3.31. The van der Waals surface area contributed by atoms with Crippen molar-refractivity contribution in [3.63, 3.8) is 0 Å². The Morgan fingerprint density at radius 2 is 2.07 bits per heavy atom. The molecule has 0 unspecified atom stereocenters. The molecule has 152 valence electrons. The minimum Gasteiger partial charge on any atom is -0.495 e. The maximum Gasteiger partial charge on any atom is 0.324 e. The molecule has 2 rings (SSSR count). The van der Waals surface area contributed by atoms with Gasteiger partial charge in [0.15, 0.2) is 6.10 Å². The maximum atomic E-state index is 12.3. The van der Waals surface area contributed by atoms with E-state index in [1.807, 2.05) is 0 Å². The van der Waals surface area contributed by atoms with Crippen LogP contribution in [0.5, 0.6) is 5.75 Å². The van der Waals surface area contributed by atoms with E-state index in [-0.39, 0.29) is 31.8 Å². The molecule has 10 heteroatoms. The molecule has 0 bridgehead atoms. The summed E-state index contributed by atoms with van der Waals surface area (Å²) in [6.07, 6.45) is -0.820. The molecule has 1 aromatic carbocycles. The summed E-state index contributed by atoms with van der Waals surface area (Å²) in [6, 6.07) is 2.77. The number of anilines is 1. The highest BCUT2D eigenvalue weighted by Crippen LogP contribution is 2.31. The van der Waals surface area contributed by atoms with Crippen molar-refractivity contribution >= 4 is 41.1 Å². The first-order chi connectivity index (χ1) is 13.2. The number of hydrogen-bond acceptors (Lipinski definition) is 6. The molecule has 0 radical (unpaired) electrons. The average Bonchev–Trinajstić information content (AvgIpc) is 2.96. The second-order valence-corrected chi connectivity index (χ2v) is 6.64. The Morgan fingerprint density at radius 3 is 2.68 bits per heavy atom. The summed E-state index contributed by atoms with van der Waals surface area (Å²) < 4.78 is 10.3. The molecule has 1 fully saturated rings. The third kappa shape index (κ3) is 5.35. The number of nitrogens with one attached hydrogen (secondary N) is 2. The number of esters is 1. The zero-order chi connectivity index (χ0) is 20.8. The van der Waals surface area contributed by atoms with Gasteiger partial charge < -0.3 is 20.1 Å². The van der Waals surface area contributed by atoms with Crippen molar-refractivity contribution in [1.29, 1.82) is 0 Å². The summed E-state index contributed by atoms with van der Waals surface area (Å²) in [5, 5.41) is 5.54. The molecule has 0 spiro atoms. The number of urea groups is 1. The highest BCUT2D eigenvalue weighted by molar-refractivity contribution is 6.31. The third-order valence-corrected chi connectivity index (χ3v) is 4.52. The van der Waals surface area contributed by atoms with Gasteiger partial charge in [-0.2, -0.15) is 0 Å². The van der Waals surface area contributed by atoms with Crippen molar-refractivity contribution in [1.82, 2.24) is 10.2 Å². The van der Waals surface area contributed by atoms with E-state index < -0.39 is 24.0 Å². The van der Waals surface area contributed by atoms with Gasteiger partial charge in [0.2, 0.25) is 5.91 Å². The van der Waals surface area contributed by atoms with Gasteiger partial charge in [0.05, 0.1) is 19.3 Å². The molecule has 28 heavy (non-hydrogen) atoms. The Labute approximate surface area is 167 Å². The van der Waals surface area contributed by atoms with Crippen LogP contribution < -0.4 is 15.4 Å². The number of carbonyl (C=O) groups is 4. The van der Waals surface area contributed by atoms with Crippen LogP contribution in [0.2, 0.25) is 5.02 Å². The fourth-order valence-corrected chi connectivity index (χ4v) is 2.69. The number of methoxy groups -OCH3 is 1. The largest absolute Gasteiger partial charge is 0.495 e. The number of halogens is 1. The molecular formula is C18H22ClN3O6. The van der Waals surface area contributed by atoms with Gasteiger partial charge in [-0.15, -0.1) is 0 Å².